The van der Waals surface area contributed by atoms with Crippen LogP contribution in [0, 0.1) is 0 Å². The van der Waals surface area contributed by atoms with Gasteiger partial charge in [-0.25, -0.2) is 9.98 Å². The SMILES string of the molecule is CC1N=C(N(C)C)NC(=NCc2ccsc2)N1. The van der Waals surface area contributed by atoms with Gasteiger partial charge in [0, 0.05) is 14.1 Å². The Morgan fingerprint density at radius 2 is 2.35 bits per heavy atom. The number of thiophene rings is 1. The fourth-order valence-electron chi connectivity index (χ4n) is 1.45. The lowest BCUT2D eigenvalue weighted by Crippen LogP contribution is -2.53. The molecule has 1 aromatic rings. The summed E-state index contributed by atoms with van der Waals surface area (Å²) in [6.07, 6.45) is 0.0508. The van der Waals surface area contributed by atoms with Crippen LogP contribution < -0.4 is 10.6 Å². The number of nitrogens with one attached hydrogen (secondary N) is 2. The van der Waals surface area contributed by atoms with E-state index in [1.165, 1.54) is 5.56 Å². The third-order valence-corrected chi connectivity index (χ3v) is 3.05. The molecule has 17 heavy (non-hydrogen) atoms. The van der Waals surface area contributed by atoms with Crippen molar-refractivity contribution in [2.45, 2.75) is 19.6 Å². The van der Waals surface area contributed by atoms with Gasteiger partial charge in [0.25, 0.3) is 0 Å². The third kappa shape index (κ3) is 3.20. The van der Waals surface area contributed by atoms with E-state index in [-0.39, 0.29) is 6.17 Å². The number of hydrogen-bond acceptors (Lipinski definition) is 4. The van der Waals surface area contributed by atoms with E-state index < -0.39 is 0 Å². The smallest absolute Gasteiger partial charge is 0.202 e. The molecular weight excluding hydrogens is 234 g/mol. The maximum Gasteiger partial charge on any atom is 0.202 e. The molecule has 2 heterocycles. The fraction of sp³-hybridized carbons (Fsp3) is 0.455. The zero-order chi connectivity index (χ0) is 12.3. The Bertz CT molecular complexity index is 421. The minimum Gasteiger partial charge on any atom is -0.349 e. The van der Waals surface area contributed by atoms with Gasteiger partial charge in [0.2, 0.25) is 5.96 Å². The van der Waals surface area contributed by atoms with Gasteiger partial charge in [-0.3, -0.25) is 5.32 Å². The number of rotatable bonds is 2. The molecule has 0 fully saturated rings. The van der Waals surface area contributed by atoms with Crippen LogP contribution in [0.5, 0.6) is 0 Å². The number of aliphatic imine (C=N–C) groups is 2. The van der Waals surface area contributed by atoms with E-state index in [2.05, 4.69) is 37.4 Å². The Hall–Kier alpha value is -1.56. The van der Waals surface area contributed by atoms with Crippen LogP contribution in [-0.4, -0.2) is 37.1 Å². The van der Waals surface area contributed by atoms with Crippen molar-refractivity contribution in [1.29, 1.82) is 0 Å². The van der Waals surface area contributed by atoms with Crippen molar-refractivity contribution in [2.75, 3.05) is 14.1 Å². The average Bonchev–Trinajstić information content (AvgIpc) is 2.78. The van der Waals surface area contributed by atoms with Crippen molar-refractivity contribution in [3.05, 3.63) is 22.4 Å². The molecule has 0 aromatic carbocycles. The first kappa shape index (κ1) is 11.9. The van der Waals surface area contributed by atoms with Gasteiger partial charge in [0.05, 0.1) is 6.54 Å². The van der Waals surface area contributed by atoms with Crippen LogP contribution in [0.2, 0.25) is 0 Å². The highest BCUT2D eigenvalue weighted by molar-refractivity contribution is 7.07. The first-order chi connectivity index (χ1) is 8.15. The minimum atomic E-state index is 0.0508. The van der Waals surface area contributed by atoms with E-state index in [4.69, 9.17) is 0 Å². The molecule has 2 rings (SSSR count). The summed E-state index contributed by atoms with van der Waals surface area (Å²) in [5, 5.41) is 10.5. The van der Waals surface area contributed by atoms with E-state index in [9.17, 15) is 0 Å². The molecule has 5 nitrogen and oxygen atoms in total. The Morgan fingerprint density at radius 3 is 3.00 bits per heavy atom. The summed E-state index contributed by atoms with van der Waals surface area (Å²) in [5.74, 6) is 1.61. The maximum absolute atomic E-state index is 4.50. The Kier molecular flexibility index (Phi) is 3.63. The molecule has 0 saturated heterocycles. The van der Waals surface area contributed by atoms with Crippen molar-refractivity contribution in [1.82, 2.24) is 15.5 Å². The van der Waals surface area contributed by atoms with Crippen LogP contribution in [0.25, 0.3) is 0 Å². The van der Waals surface area contributed by atoms with Crippen molar-refractivity contribution in [3.63, 3.8) is 0 Å². The Morgan fingerprint density at radius 1 is 1.53 bits per heavy atom. The molecule has 2 N–H and O–H groups in total. The van der Waals surface area contributed by atoms with E-state index in [1.807, 2.05) is 25.9 Å². The summed E-state index contributed by atoms with van der Waals surface area (Å²) >= 11 is 1.69. The molecule has 0 spiro atoms. The monoisotopic (exact) mass is 251 g/mol. The van der Waals surface area contributed by atoms with Crippen molar-refractivity contribution >= 4 is 23.3 Å². The number of hydrogen-bond donors (Lipinski definition) is 2. The summed E-state index contributed by atoms with van der Waals surface area (Å²) in [6, 6.07) is 2.09. The summed E-state index contributed by atoms with van der Waals surface area (Å²) in [4.78, 5) is 10.9. The molecule has 6 heteroatoms. The lowest BCUT2D eigenvalue weighted by molar-refractivity contribution is 0.559. The second-order valence-electron chi connectivity index (χ2n) is 4.09. The van der Waals surface area contributed by atoms with Crippen LogP contribution in [0.1, 0.15) is 12.5 Å². The summed E-state index contributed by atoms with van der Waals surface area (Å²) in [5.41, 5.74) is 1.23. The van der Waals surface area contributed by atoms with Crippen LogP contribution in [0.15, 0.2) is 26.8 Å². The van der Waals surface area contributed by atoms with Crippen LogP contribution in [0.4, 0.5) is 0 Å². The Balaban J connectivity index is 2.03. The zero-order valence-corrected chi connectivity index (χ0v) is 11.1. The van der Waals surface area contributed by atoms with Gasteiger partial charge >= 0.3 is 0 Å². The zero-order valence-electron chi connectivity index (χ0n) is 10.3. The van der Waals surface area contributed by atoms with Crippen LogP contribution in [0.3, 0.4) is 0 Å². The normalized spacial score (nSPS) is 21.7. The van der Waals surface area contributed by atoms with E-state index in [0.717, 1.165) is 11.9 Å². The predicted molar refractivity (Wildman–Crippen MR) is 72.3 cm³/mol. The predicted octanol–water partition coefficient (Wildman–Crippen LogP) is 1.06. The van der Waals surface area contributed by atoms with E-state index >= 15 is 0 Å². The lowest BCUT2D eigenvalue weighted by Gasteiger charge is -2.26. The molecule has 1 aromatic heterocycles. The van der Waals surface area contributed by atoms with Gasteiger partial charge in [0.15, 0.2) is 5.96 Å². The second kappa shape index (κ2) is 5.18. The molecule has 1 unspecified atom stereocenters. The molecule has 1 atom stereocenters. The van der Waals surface area contributed by atoms with Gasteiger partial charge in [-0.1, -0.05) is 0 Å². The molecule has 0 radical (unpaired) electrons. The topological polar surface area (TPSA) is 52.0 Å². The van der Waals surface area contributed by atoms with Crippen molar-refractivity contribution in [3.8, 4) is 0 Å². The standard InChI is InChI=1S/C11H17N5S/c1-8-13-10(15-11(14-8)16(2)3)12-6-9-4-5-17-7-9/h4-5,7-8H,6H2,1-3H3,(H2,12,13,14,15). The van der Waals surface area contributed by atoms with Gasteiger partial charge < -0.3 is 10.2 Å². The fourth-order valence-corrected chi connectivity index (χ4v) is 2.11. The number of nitrogens with zero attached hydrogens (tertiary/aromatic N) is 3. The van der Waals surface area contributed by atoms with Crippen molar-refractivity contribution < 1.29 is 0 Å². The summed E-state index contributed by atoms with van der Waals surface area (Å²) in [6.45, 7) is 2.69. The quantitative estimate of drug-likeness (QED) is 0.826. The first-order valence-corrected chi connectivity index (χ1v) is 6.43. The highest BCUT2D eigenvalue weighted by Crippen LogP contribution is 2.07. The molecule has 1 aliphatic heterocycles. The van der Waals surface area contributed by atoms with Crippen molar-refractivity contribution in [2.24, 2.45) is 9.98 Å². The highest BCUT2D eigenvalue weighted by Gasteiger charge is 2.15. The summed E-state index contributed by atoms with van der Waals surface area (Å²) < 4.78 is 0. The first-order valence-electron chi connectivity index (χ1n) is 5.49. The molecule has 0 amide bonds. The molecule has 0 aliphatic carbocycles. The van der Waals surface area contributed by atoms with Gasteiger partial charge in [-0.05, 0) is 29.3 Å². The number of guanidine groups is 2. The van der Waals surface area contributed by atoms with Gasteiger partial charge in [-0.15, -0.1) is 0 Å². The molecule has 0 bridgehead atoms. The summed E-state index contributed by atoms with van der Waals surface area (Å²) in [7, 11) is 3.92. The molecular formula is C11H17N5S. The largest absolute Gasteiger partial charge is 0.349 e. The highest BCUT2D eigenvalue weighted by atomic mass is 32.1. The molecule has 1 aliphatic rings. The van der Waals surface area contributed by atoms with Crippen LogP contribution >= 0.6 is 11.3 Å². The second-order valence-corrected chi connectivity index (χ2v) is 4.87. The van der Waals surface area contributed by atoms with Crippen LogP contribution in [-0.2, 0) is 6.54 Å². The minimum absolute atomic E-state index is 0.0508. The lowest BCUT2D eigenvalue weighted by atomic mass is 10.3. The third-order valence-electron chi connectivity index (χ3n) is 2.32. The molecule has 0 saturated carbocycles. The van der Waals surface area contributed by atoms with Gasteiger partial charge in [-0.2, -0.15) is 11.3 Å². The van der Waals surface area contributed by atoms with Gasteiger partial charge in [0.1, 0.15) is 6.17 Å². The average molecular weight is 251 g/mol. The Labute approximate surface area is 105 Å². The van der Waals surface area contributed by atoms with E-state index in [0.29, 0.717) is 6.54 Å². The maximum atomic E-state index is 4.50. The molecule has 92 valence electrons. The van der Waals surface area contributed by atoms with E-state index in [1.54, 1.807) is 11.3 Å².